The lowest BCUT2D eigenvalue weighted by atomic mass is 10.4. The van der Waals surface area contributed by atoms with Crippen LogP contribution in [0.4, 0.5) is 0 Å². The molecule has 0 aliphatic carbocycles. The van der Waals surface area contributed by atoms with Crippen molar-refractivity contribution in [3.8, 4) is 6.01 Å². The Morgan fingerprint density at radius 3 is 2.56 bits per heavy atom. The molecule has 1 saturated heterocycles. The number of hydrogen-bond donors (Lipinski definition) is 0. The van der Waals surface area contributed by atoms with Gasteiger partial charge in [0.25, 0.3) is 5.97 Å². The smallest absolute Gasteiger partial charge is 0.322 e. The molecule has 0 spiro atoms. The minimum absolute atomic E-state index is 0.0321. The number of nitrogens with zero attached hydrogens (tertiary/aromatic N) is 3. The van der Waals surface area contributed by atoms with E-state index in [9.17, 15) is 0 Å². The van der Waals surface area contributed by atoms with Crippen molar-refractivity contribution in [1.82, 2.24) is 15.0 Å². The molecule has 18 heavy (non-hydrogen) atoms. The molecule has 0 radical (unpaired) electrons. The number of hydrogen-bond acceptors (Lipinski definition) is 7. The Hall–Kier alpha value is -0.730. The van der Waals surface area contributed by atoms with E-state index in [-0.39, 0.29) is 29.3 Å². The van der Waals surface area contributed by atoms with E-state index in [1.807, 2.05) is 0 Å². The highest BCUT2D eigenvalue weighted by molar-refractivity contribution is 6.31. The average Bonchev–Trinajstić information content (AvgIpc) is 2.68. The van der Waals surface area contributed by atoms with Gasteiger partial charge in [-0.3, -0.25) is 0 Å². The zero-order chi connectivity index (χ0) is 13.2. The van der Waals surface area contributed by atoms with Crippen LogP contribution in [0, 0.1) is 0 Å². The van der Waals surface area contributed by atoms with E-state index in [1.165, 1.54) is 7.11 Å². The van der Waals surface area contributed by atoms with Gasteiger partial charge < -0.3 is 18.9 Å². The molecule has 1 aliphatic heterocycles. The molecular weight excluding hydrogens is 285 g/mol. The summed E-state index contributed by atoms with van der Waals surface area (Å²) in [6, 6.07) is 0.0367. The van der Waals surface area contributed by atoms with Gasteiger partial charge in [0.05, 0.1) is 6.61 Å². The second-order valence-corrected chi connectivity index (χ2v) is 4.26. The Morgan fingerprint density at radius 2 is 2.00 bits per heavy atom. The average molecular weight is 296 g/mol. The van der Waals surface area contributed by atoms with E-state index in [1.54, 1.807) is 6.92 Å². The van der Waals surface area contributed by atoms with Gasteiger partial charge >= 0.3 is 6.01 Å². The molecule has 0 amide bonds. The van der Waals surface area contributed by atoms with Crippen molar-refractivity contribution in [2.45, 2.75) is 19.0 Å². The third-order valence-corrected chi connectivity index (χ3v) is 2.58. The highest BCUT2D eigenvalue weighted by Gasteiger charge is 2.37. The molecule has 1 aliphatic rings. The minimum atomic E-state index is -1.04. The van der Waals surface area contributed by atoms with Gasteiger partial charge in [0, 0.05) is 14.0 Å². The van der Waals surface area contributed by atoms with E-state index in [4.69, 9.17) is 42.1 Å². The fourth-order valence-electron chi connectivity index (χ4n) is 1.35. The molecule has 2 rings (SSSR count). The lowest BCUT2D eigenvalue weighted by Crippen LogP contribution is -2.30. The van der Waals surface area contributed by atoms with Crippen molar-refractivity contribution < 1.29 is 18.9 Å². The van der Waals surface area contributed by atoms with Crippen molar-refractivity contribution in [3.05, 3.63) is 10.6 Å². The van der Waals surface area contributed by atoms with Crippen LogP contribution >= 0.6 is 23.2 Å². The summed E-state index contributed by atoms with van der Waals surface area (Å²) in [5.41, 5.74) is 0. The van der Waals surface area contributed by atoms with Crippen molar-refractivity contribution in [1.29, 1.82) is 0 Å². The molecule has 2 heterocycles. The van der Waals surface area contributed by atoms with Crippen LogP contribution < -0.4 is 4.74 Å². The minimum Gasteiger partial charge on any atom is -0.460 e. The molecular formula is C9H11Cl2N3O4. The van der Waals surface area contributed by atoms with Gasteiger partial charge in [-0.15, -0.1) is 0 Å². The normalized spacial score (nSPS) is 27.4. The zero-order valence-electron chi connectivity index (χ0n) is 9.72. The van der Waals surface area contributed by atoms with Crippen molar-refractivity contribution in [2.24, 2.45) is 0 Å². The van der Waals surface area contributed by atoms with Gasteiger partial charge in [-0.05, 0) is 23.2 Å². The molecule has 0 N–H and O–H groups in total. The maximum absolute atomic E-state index is 5.61. The van der Waals surface area contributed by atoms with Gasteiger partial charge in [-0.25, -0.2) is 0 Å². The van der Waals surface area contributed by atoms with Gasteiger partial charge in [0.2, 0.25) is 10.6 Å². The van der Waals surface area contributed by atoms with E-state index in [2.05, 4.69) is 15.0 Å². The summed E-state index contributed by atoms with van der Waals surface area (Å²) < 4.78 is 21.1. The quantitative estimate of drug-likeness (QED) is 0.828. The second-order valence-electron chi connectivity index (χ2n) is 3.58. The summed E-state index contributed by atoms with van der Waals surface area (Å²) in [5.74, 6) is -1.04. The van der Waals surface area contributed by atoms with Crippen molar-refractivity contribution in [3.63, 3.8) is 0 Å². The van der Waals surface area contributed by atoms with Gasteiger partial charge in [-0.2, -0.15) is 15.0 Å². The van der Waals surface area contributed by atoms with Crippen molar-refractivity contribution >= 4 is 23.2 Å². The zero-order valence-corrected chi connectivity index (χ0v) is 11.2. The number of ether oxygens (including phenoxy) is 4. The van der Waals surface area contributed by atoms with Crippen LogP contribution in [0.3, 0.4) is 0 Å². The monoisotopic (exact) mass is 295 g/mol. The molecule has 7 nitrogen and oxygen atoms in total. The number of aromatic nitrogens is 3. The predicted molar refractivity (Wildman–Crippen MR) is 61.6 cm³/mol. The van der Waals surface area contributed by atoms with Gasteiger partial charge in [0.1, 0.15) is 12.7 Å². The highest BCUT2D eigenvalue weighted by Crippen LogP contribution is 2.24. The molecule has 2 atom stereocenters. The number of rotatable bonds is 4. The molecule has 1 fully saturated rings. The Balaban J connectivity index is 1.89. The van der Waals surface area contributed by atoms with Crippen LogP contribution in [-0.2, 0) is 14.2 Å². The third kappa shape index (κ3) is 3.39. The summed E-state index contributed by atoms with van der Waals surface area (Å²) in [4.78, 5) is 11.1. The summed E-state index contributed by atoms with van der Waals surface area (Å²) >= 11 is 11.2. The summed E-state index contributed by atoms with van der Waals surface area (Å²) in [5, 5.41) is -0.0642. The first-order valence-electron chi connectivity index (χ1n) is 5.07. The Labute approximate surface area is 113 Å². The fraction of sp³-hybridized carbons (Fsp3) is 0.667. The van der Waals surface area contributed by atoms with E-state index in [0.717, 1.165) is 0 Å². The molecule has 9 heteroatoms. The second kappa shape index (κ2) is 5.50. The Morgan fingerprint density at radius 1 is 1.33 bits per heavy atom. The largest absolute Gasteiger partial charge is 0.460 e. The number of halogens is 2. The molecule has 0 saturated carbocycles. The van der Waals surface area contributed by atoms with Crippen LogP contribution in [0.2, 0.25) is 10.6 Å². The molecule has 1 aromatic heterocycles. The highest BCUT2D eigenvalue weighted by atomic mass is 35.5. The van der Waals surface area contributed by atoms with Gasteiger partial charge in [-0.1, -0.05) is 0 Å². The summed E-state index contributed by atoms with van der Waals surface area (Å²) in [6.45, 7) is 2.20. The van der Waals surface area contributed by atoms with E-state index in [0.29, 0.717) is 6.61 Å². The third-order valence-electron chi connectivity index (χ3n) is 2.24. The molecule has 1 aromatic rings. The lowest BCUT2D eigenvalue weighted by Gasteiger charge is -2.20. The predicted octanol–water partition coefficient (Wildman–Crippen LogP) is 1.29. The molecule has 0 bridgehead atoms. The number of methoxy groups -OCH3 is 1. The maximum Gasteiger partial charge on any atom is 0.322 e. The Bertz CT molecular complexity index is 416. The molecule has 2 unspecified atom stereocenters. The lowest BCUT2D eigenvalue weighted by molar-refractivity contribution is -0.314. The van der Waals surface area contributed by atoms with E-state index >= 15 is 0 Å². The maximum atomic E-state index is 5.61. The first-order chi connectivity index (χ1) is 8.50. The Kier molecular flexibility index (Phi) is 4.18. The van der Waals surface area contributed by atoms with Crippen LogP contribution in [0.1, 0.15) is 6.92 Å². The topological polar surface area (TPSA) is 75.6 Å². The molecule has 0 aromatic carbocycles. The molecule has 100 valence electrons. The van der Waals surface area contributed by atoms with Crippen LogP contribution in [0.5, 0.6) is 6.01 Å². The van der Waals surface area contributed by atoms with Crippen molar-refractivity contribution in [2.75, 3.05) is 20.3 Å². The van der Waals surface area contributed by atoms with E-state index < -0.39 is 5.97 Å². The standard InChI is InChI=1S/C9H11Cl2N3O4/c1-9(15-2)17-4-5(18-9)3-16-8-13-6(10)12-7(11)14-8/h5H,3-4H2,1-2H3. The first kappa shape index (κ1) is 13.7. The van der Waals surface area contributed by atoms with Crippen LogP contribution in [0.25, 0.3) is 0 Å². The van der Waals surface area contributed by atoms with Gasteiger partial charge in [0.15, 0.2) is 0 Å². The first-order valence-corrected chi connectivity index (χ1v) is 5.83. The summed E-state index contributed by atoms with van der Waals surface area (Å²) in [6.07, 6.45) is -0.288. The summed E-state index contributed by atoms with van der Waals surface area (Å²) in [7, 11) is 1.49. The van der Waals surface area contributed by atoms with Crippen LogP contribution in [0.15, 0.2) is 0 Å². The SMILES string of the molecule is COC1(C)OCC(COc2nc(Cl)nc(Cl)n2)O1. The van der Waals surface area contributed by atoms with Crippen LogP contribution in [-0.4, -0.2) is 47.4 Å². The fourth-order valence-corrected chi connectivity index (χ4v) is 1.69.